The predicted molar refractivity (Wildman–Crippen MR) is 76.3 cm³/mol. The van der Waals surface area contributed by atoms with Gasteiger partial charge >= 0.3 is 5.97 Å². The Morgan fingerprint density at radius 2 is 2.05 bits per heavy atom. The lowest BCUT2D eigenvalue weighted by atomic mass is 9.98. The van der Waals surface area contributed by atoms with E-state index in [1.807, 2.05) is 0 Å². The van der Waals surface area contributed by atoms with E-state index in [1.165, 1.54) is 0 Å². The lowest BCUT2D eigenvalue weighted by molar-refractivity contribution is -0.140. The quantitative estimate of drug-likeness (QED) is 0.366. The van der Waals surface area contributed by atoms with E-state index in [2.05, 4.69) is 12.3 Å². The molecule has 0 aliphatic carbocycles. The summed E-state index contributed by atoms with van der Waals surface area (Å²) in [5.74, 6) is -2.35. The van der Waals surface area contributed by atoms with Crippen LogP contribution in [0.2, 0.25) is 0 Å². The van der Waals surface area contributed by atoms with E-state index in [-0.39, 0.29) is 24.5 Å². The Bertz CT molecular complexity index is 629. The zero-order valence-electron chi connectivity index (χ0n) is 11.7. The van der Waals surface area contributed by atoms with Gasteiger partial charge in [0.05, 0.1) is 23.8 Å². The number of rotatable bonds is 4. The summed E-state index contributed by atoms with van der Waals surface area (Å²) in [5.41, 5.74) is 2.94. The number of nitrogens with zero attached hydrogens (tertiary/aromatic N) is 1. The number of hydrogen-bond donors (Lipinski definition) is 0. The average molecular weight is 285 g/mol. The smallest absolute Gasteiger partial charge is 0.342 e. The molecule has 1 aliphatic rings. The minimum atomic E-state index is -0.880. The van der Waals surface area contributed by atoms with Gasteiger partial charge in [0.1, 0.15) is 0 Å². The van der Waals surface area contributed by atoms with Crippen LogP contribution in [0.5, 0.6) is 0 Å². The molecule has 2 amide bonds. The van der Waals surface area contributed by atoms with E-state index in [4.69, 9.17) is 4.74 Å². The molecule has 1 saturated heterocycles. The number of anilines is 1. The van der Waals surface area contributed by atoms with Crippen molar-refractivity contribution in [2.75, 3.05) is 11.5 Å². The Hall–Kier alpha value is -2.65. The molecule has 1 atom stereocenters. The Morgan fingerprint density at radius 1 is 1.38 bits per heavy atom. The monoisotopic (exact) mass is 285 g/mol. The van der Waals surface area contributed by atoms with Crippen LogP contribution in [0, 0.1) is 5.92 Å². The Labute approximate surface area is 122 Å². The van der Waals surface area contributed by atoms with Gasteiger partial charge in [-0.15, -0.1) is 5.73 Å². The van der Waals surface area contributed by atoms with Crippen molar-refractivity contribution in [1.82, 2.24) is 0 Å². The van der Waals surface area contributed by atoms with Crippen LogP contribution in [0.1, 0.15) is 13.3 Å². The van der Waals surface area contributed by atoms with Crippen LogP contribution in [0.4, 0.5) is 5.69 Å². The van der Waals surface area contributed by atoms with Crippen LogP contribution in [-0.4, -0.2) is 24.4 Å². The van der Waals surface area contributed by atoms with Gasteiger partial charge in [-0.1, -0.05) is 24.8 Å². The molecular formula is C16H15NO4. The van der Waals surface area contributed by atoms with Gasteiger partial charge in [-0.25, -0.2) is 9.69 Å². The zero-order chi connectivity index (χ0) is 15.4. The molecule has 5 heteroatoms. The fraction of sp³-hybridized carbons (Fsp3) is 0.250. The first kappa shape index (κ1) is 14.8. The van der Waals surface area contributed by atoms with Crippen LogP contribution in [0.25, 0.3) is 0 Å². The van der Waals surface area contributed by atoms with Crippen LogP contribution in [0.3, 0.4) is 0 Å². The Morgan fingerprint density at radius 3 is 2.62 bits per heavy atom. The number of ether oxygens (including phenoxy) is 1. The highest BCUT2D eigenvalue weighted by Gasteiger charge is 2.43. The summed E-state index contributed by atoms with van der Waals surface area (Å²) in [6.45, 7) is 5.27. The van der Waals surface area contributed by atoms with E-state index >= 15 is 0 Å². The highest BCUT2D eigenvalue weighted by molar-refractivity contribution is 6.23. The number of esters is 1. The minimum Gasteiger partial charge on any atom is -0.462 e. The van der Waals surface area contributed by atoms with Crippen molar-refractivity contribution in [1.29, 1.82) is 0 Å². The number of para-hydroxylation sites is 1. The molecule has 0 aromatic heterocycles. The zero-order valence-corrected chi connectivity index (χ0v) is 11.7. The highest BCUT2D eigenvalue weighted by Crippen LogP contribution is 2.30. The molecule has 0 spiro atoms. The highest BCUT2D eigenvalue weighted by atomic mass is 16.5. The molecule has 1 aromatic carbocycles. The second kappa shape index (κ2) is 6.20. The summed E-state index contributed by atoms with van der Waals surface area (Å²) in [6.07, 6.45) is -0.0790. The van der Waals surface area contributed by atoms with E-state index in [0.29, 0.717) is 5.69 Å². The Balaban J connectivity index is 2.30. The molecule has 0 saturated carbocycles. The minimum absolute atomic E-state index is 0.00799. The first-order valence-electron chi connectivity index (χ1n) is 6.59. The number of benzene rings is 1. The van der Waals surface area contributed by atoms with Crippen LogP contribution in [-0.2, 0) is 19.1 Å². The molecule has 1 aliphatic heterocycles. The largest absolute Gasteiger partial charge is 0.462 e. The third-order valence-corrected chi connectivity index (χ3v) is 3.20. The summed E-state index contributed by atoms with van der Waals surface area (Å²) in [5, 5.41) is 0. The summed E-state index contributed by atoms with van der Waals surface area (Å²) in [6, 6.07) is 8.59. The molecule has 1 fully saturated rings. The molecule has 0 radical (unpaired) electrons. The molecule has 0 bridgehead atoms. The second-order valence-corrected chi connectivity index (χ2v) is 4.47. The molecule has 108 valence electrons. The predicted octanol–water partition coefficient (Wildman–Crippen LogP) is 1.84. The van der Waals surface area contributed by atoms with Gasteiger partial charge in [-0.3, -0.25) is 9.59 Å². The summed E-state index contributed by atoms with van der Waals surface area (Å²) < 4.78 is 4.87. The van der Waals surface area contributed by atoms with E-state index < -0.39 is 17.8 Å². The number of hydrogen-bond acceptors (Lipinski definition) is 4. The van der Waals surface area contributed by atoms with Crippen molar-refractivity contribution < 1.29 is 19.1 Å². The standard InChI is InChI=1S/C16H15NO4/c1-3-12(16(20)21-4-2)13-10-14(18)17(15(13)19)11-8-6-5-7-9-11/h5-9,13H,1,4,10H2,2H3/t13-/m1/s1. The molecule has 5 nitrogen and oxygen atoms in total. The van der Waals surface area contributed by atoms with Gasteiger partial charge in [-0.2, -0.15) is 0 Å². The van der Waals surface area contributed by atoms with Gasteiger partial charge in [0.25, 0.3) is 0 Å². The number of carbonyl (C=O) groups is 3. The maximum atomic E-state index is 12.4. The first-order valence-corrected chi connectivity index (χ1v) is 6.59. The average Bonchev–Trinajstić information content (AvgIpc) is 2.76. The fourth-order valence-corrected chi connectivity index (χ4v) is 2.25. The topological polar surface area (TPSA) is 63.7 Å². The SMILES string of the molecule is C=C=C(C(=O)OCC)[C@H]1CC(=O)N(c2ccccc2)C1=O. The lowest BCUT2D eigenvalue weighted by Crippen LogP contribution is -2.31. The van der Waals surface area contributed by atoms with Crippen molar-refractivity contribution >= 4 is 23.5 Å². The van der Waals surface area contributed by atoms with Gasteiger partial charge in [0.15, 0.2) is 0 Å². The van der Waals surface area contributed by atoms with Crippen molar-refractivity contribution in [3.63, 3.8) is 0 Å². The van der Waals surface area contributed by atoms with Crippen molar-refractivity contribution in [3.05, 3.63) is 48.2 Å². The van der Waals surface area contributed by atoms with Crippen LogP contribution < -0.4 is 4.90 Å². The lowest BCUT2D eigenvalue weighted by Gasteiger charge is -2.15. The van der Waals surface area contributed by atoms with Crippen LogP contribution in [0.15, 0.2) is 48.2 Å². The van der Waals surface area contributed by atoms with Crippen molar-refractivity contribution in [2.45, 2.75) is 13.3 Å². The molecule has 0 unspecified atom stereocenters. The molecular weight excluding hydrogens is 270 g/mol. The number of amides is 2. The normalized spacial score (nSPS) is 17.6. The number of carbonyl (C=O) groups excluding carboxylic acids is 3. The summed E-state index contributed by atoms with van der Waals surface area (Å²) >= 11 is 0. The van der Waals surface area contributed by atoms with E-state index in [0.717, 1.165) is 4.90 Å². The van der Waals surface area contributed by atoms with Gasteiger partial charge in [-0.05, 0) is 19.1 Å². The maximum absolute atomic E-state index is 12.4. The molecule has 1 aromatic rings. The summed E-state index contributed by atoms with van der Waals surface area (Å²) in [7, 11) is 0. The third-order valence-electron chi connectivity index (χ3n) is 3.20. The van der Waals surface area contributed by atoms with E-state index in [9.17, 15) is 14.4 Å². The molecule has 1 heterocycles. The van der Waals surface area contributed by atoms with Gasteiger partial charge in [0, 0.05) is 6.42 Å². The maximum Gasteiger partial charge on any atom is 0.342 e. The molecule has 2 rings (SSSR count). The first-order chi connectivity index (χ1) is 10.1. The van der Waals surface area contributed by atoms with Crippen molar-refractivity contribution in [2.24, 2.45) is 5.92 Å². The van der Waals surface area contributed by atoms with Crippen molar-refractivity contribution in [3.8, 4) is 0 Å². The number of imide groups is 1. The second-order valence-electron chi connectivity index (χ2n) is 4.47. The molecule has 21 heavy (non-hydrogen) atoms. The van der Waals surface area contributed by atoms with Crippen LogP contribution >= 0.6 is 0 Å². The third kappa shape index (κ3) is 2.78. The van der Waals surface area contributed by atoms with Gasteiger partial charge in [0.2, 0.25) is 11.8 Å². The molecule has 0 N–H and O–H groups in total. The van der Waals surface area contributed by atoms with Gasteiger partial charge < -0.3 is 4.74 Å². The Kier molecular flexibility index (Phi) is 4.36. The fourth-order valence-electron chi connectivity index (χ4n) is 2.25. The summed E-state index contributed by atoms with van der Waals surface area (Å²) in [4.78, 5) is 37.4. The van der Waals surface area contributed by atoms with E-state index in [1.54, 1.807) is 37.3 Å².